The molecule has 2 aromatic carbocycles. The summed E-state index contributed by atoms with van der Waals surface area (Å²) in [5.74, 6) is 0.122. The van der Waals surface area contributed by atoms with Gasteiger partial charge in [0, 0.05) is 11.6 Å². The summed E-state index contributed by atoms with van der Waals surface area (Å²) < 4.78 is 12.6. The molecule has 164 valence electrons. The number of furan rings is 1. The molecule has 3 aromatic heterocycles. The Morgan fingerprint density at radius 2 is 2.06 bits per heavy atom. The molecular weight excluding hydrogens is 448 g/mol. The number of nitrogens with zero attached hydrogens (tertiary/aromatic N) is 5. The van der Waals surface area contributed by atoms with Gasteiger partial charge in [-0.25, -0.2) is 0 Å². The fourth-order valence-electron chi connectivity index (χ4n) is 3.24. The minimum absolute atomic E-state index is 0.00519. The summed E-state index contributed by atoms with van der Waals surface area (Å²) in [4.78, 5) is 24.3. The average Bonchev–Trinajstić information content (AvgIpc) is 3.55. The molecule has 0 aliphatic heterocycles. The highest BCUT2D eigenvalue weighted by atomic mass is 32.1. The normalized spacial score (nSPS) is 10.9. The van der Waals surface area contributed by atoms with Crippen molar-refractivity contribution in [2.45, 2.75) is 0 Å². The zero-order chi connectivity index (χ0) is 22.9. The summed E-state index contributed by atoms with van der Waals surface area (Å²) in [5, 5.41) is 26.9. The molecule has 0 bridgehead atoms. The summed E-state index contributed by atoms with van der Waals surface area (Å²) in [6.45, 7) is 0. The third-order valence-corrected chi connectivity index (χ3v) is 5.74. The van der Waals surface area contributed by atoms with Gasteiger partial charge in [0.15, 0.2) is 5.76 Å². The van der Waals surface area contributed by atoms with Gasteiger partial charge in [-0.2, -0.15) is 9.61 Å². The Labute approximate surface area is 189 Å². The number of aromatic nitrogens is 4. The van der Waals surface area contributed by atoms with Crippen LogP contribution >= 0.6 is 11.3 Å². The second kappa shape index (κ2) is 8.16. The van der Waals surface area contributed by atoms with E-state index in [9.17, 15) is 14.9 Å². The molecule has 0 aliphatic rings. The smallest absolute Gasteiger partial charge is 0.291 e. The first-order chi connectivity index (χ1) is 16.0. The van der Waals surface area contributed by atoms with Gasteiger partial charge < -0.3 is 14.5 Å². The van der Waals surface area contributed by atoms with Gasteiger partial charge in [0.1, 0.15) is 22.8 Å². The van der Waals surface area contributed by atoms with Crippen LogP contribution in [0.25, 0.3) is 26.9 Å². The number of nitro groups is 1. The molecule has 5 rings (SSSR count). The van der Waals surface area contributed by atoms with Gasteiger partial charge in [-0.15, -0.1) is 10.2 Å². The predicted molar refractivity (Wildman–Crippen MR) is 119 cm³/mol. The standard InChI is InChI=1S/C21H14N6O5S/c1-31-17-7-6-12(20-25-26-11-22-24-21(26)33-20)10-14(17)23-19(28)18-9-8-16(32-18)13-4-2-3-5-15(13)27(29)30/h2-11H,1H3,(H,23,28). The molecule has 12 heteroatoms. The number of para-hydroxylation sites is 1. The highest BCUT2D eigenvalue weighted by molar-refractivity contribution is 7.19. The lowest BCUT2D eigenvalue weighted by atomic mass is 10.1. The molecule has 0 unspecified atom stereocenters. The Bertz CT molecular complexity index is 1480. The van der Waals surface area contributed by atoms with Crippen LogP contribution in [-0.2, 0) is 0 Å². The van der Waals surface area contributed by atoms with Crippen LogP contribution in [-0.4, -0.2) is 37.8 Å². The number of anilines is 1. The lowest BCUT2D eigenvalue weighted by molar-refractivity contribution is -0.384. The molecule has 5 aromatic rings. The fourth-order valence-corrected chi connectivity index (χ4v) is 4.06. The van der Waals surface area contributed by atoms with Crippen molar-refractivity contribution in [3.05, 3.63) is 76.8 Å². The monoisotopic (exact) mass is 462 g/mol. The highest BCUT2D eigenvalue weighted by Gasteiger charge is 2.20. The lowest BCUT2D eigenvalue weighted by Gasteiger charge is -2.10. The van der Waals surface area contributed by atoms with Crippen molar-refractivity contribution in [3.8, 4) is 27.6 Å². The number of nitrogens with one attached hydrogen (secondary N) is 1. The van der Waals surface area contributed by atoms with Crippen molar-refractivity contribution in [1.82, 2.24) is 19.8 Å². The van der Waals surface area contributed by atoms with E-state index in [0.717, 1.165) is 5.56 Å². The topological polar surface area (TPSA) is 138 Å². The molecule has 3 heterocycles. The molecule has 0 radical (unpaired) electrons. The number of amides is 1. The van der Waals surface area contributed by atoms with E-state index < -0.39 is 10.8 Å². The van der Waals surface area contributed by atoms with Gasteiger partial charge in [0.05, 0.1) is 23.3 Å². The van der Waals surface area contributed by atoms with E-state index in [0.29, 0.717) is 21.4 Å². The number of nitro benzene ring substituents is 1. The van der Waals surface area contributed by atoms with Gasteiger partial charge in [0.25, 0.3) is 11.6 Å². The molecule has 0 aliphatic carbocycles. The average molecular weight is 462 g/mol. The van der Waals surface area contributed by atoms with Crippen LogP contribution < -0.4 is 10.1 Å². The fraction of sp³-hybridized carbons (Fsp3) is 0.0476. The van der Waals surface area contributed by atoms with Crippen molar-refractivity contribution < 1.29 is 18.9 Å². The number of benzene rings is 2. The predicted octanol–water partition coefficient (Wildman–Crippen LogP) is 4.28. The Balaban J connectivity index is 1.43. The van der Waals surface area contributed by atoms with Crippen LogP contribution in [0, 0.1) is 10.1 Å². The number of hydrogen-bond acceptors (Lipinski definition) is 9. The summed E-state index contributed by atoms with van der Waals surface area (Å²) in [7, 11) is 1.49. The number of ether oxygens (including phenoxy) is 1. The summed E-state index contributed by atoms with van der Waals surface area (Å²) >= 11 is 1.35. The molecule has 0 fully saturated rings. The molecular formula is C21H14N6O5S. The highest BCUT2D eigenvalue weighted by Crippen LogP contribution is 2.34. The second-order valence-electron chi connectivity index (χ2n) is 6.77. The van der Waals surface area contributed by atoms with Crippen molar-refractivity contribution in [2.24, 2.45) is 0 Å². The number of carbonyl (C=O) groups excluding carboxylic acids is 1. The molecule has 33 heavy (non-hydrogen) atoms. The van der Waals surface area contributed by atoms with E-state index in [-0.39, 0.29) is 22.8 Å². The molecule has 0 atom stereocenters. The summed E-state index contributed by atoms with van der Waals surface area (Å²) in [6, 6.07) is 14.4. The van der Waals surface area contributed by atoms with E-state index in [4.69, 9.17) is 9.15 Å². The van der Waals surface area contributed by atoms with E-state index in [1.165, 1.54) is 43.0 Å². The number of methoxy groups -OCH3 is 1. The summed E-state index contributed by atoms with van der Waals surface area (Å²) in [5.41, 5.74) is 1.33. The van der Waals surface area contributed by atoms with E-state index in [2.05, 4.69) is 20.6 Å². The molecule has 11 nitrogen and oxygen atoms in total. The molecule has 0 spiro atoms. The van der Waals surface area contributed by atoms with Crippen LogP contribution in [0.15, 0.2) is 65.3 Å². The number of fused-ring (bicyclic) bond motifs is 1. The first kappa shape index (κ1) is 20.3. The van der Waals surface area contributed by atoms with Crippen LogP contribution in [0.4, 0.5) is 11.4 Å². The van der Waals surface area contributed by atoms with Gasteiger partial charge in [-0.3, -0.25) is 14.9 Å². The molecule has 0 saturated heterocycles. The van der Waals surface area contributed by atoms with Crippen LogP contribution in [0.3, 0.4) is 0 Å². The van der Waals surface area contributed by atoms with Gasteiger partial charge in [-0.05, 0) is 36.4 Å². The third kappa shape index (κ3) is 3.78. The number of hydrogen-bond donors (Lipinski definition) is 1. The third-order valence-electron chi connectivity index (χ3n) is 4.78. The largest absolute Gasteiger partial charge is 0.495 e. The van der Waals surface area contributed by atoms with Gasteiger partial charge >= 0.3 is 0 Å². The number of rotatable bonds is 6. The minimum Gasteiger partial charge on any atom is -0.495 e. The van der Waals surface area contributed by atoms with Crippen molar-refractivity contribution in [1.29, 1.82) is 0 Å². The molecule has 1 amide bonds. The zero-order valence-electron chi connectivity index (χ0n) is 17.0. The number of carbonyl (C=O) groups is 1. The van der Waals surface area contributed by atoms with Crippen molar-refractivity contribution >= 4 is 33.6 Å². The zero-order valence-corrected chi connectivity index (χ0v) is 17.8. The first-order valence-corrected chi connectivity index (χ1v) is 10.4. The summed E-state index contributed by atoms with van der Waals surface area (Å²) in [6.07, 6.45) is 1.51. The SMILES string of the molecule is COc1ccc(-c2nn3cnnc3s2)cc1NC(=O)c1ccc(-c2ccccc2[N+](=O)[O-])o1. The van der Waals surface area contributed by atoms with Crippen LogP contribution in [0.2, 0.25) is 0 Å². The second-order valence-corrected chi connectivity index (χ2v) is 7.73. The molecule has 0 saturated carbocycles. The lowest BCUT2D eigenvalue weighted by Crippen LogP contribution is -2.11. The Kier molecular flexibility index (Phi) is 5.03. The maximum Gasteiger partial charge on any atom is 0.291 e. The van der Waals surface area contributed by atoms with Crippen LogP contribution in [0.5, 0.6) is 5.75 Å². The van der Waals surface area contributed by atoms with E-state index in [1.54, 1.807) is 34.8 Å². The van der Waals surface area contributed by atoms with Crippen LogP contribution in [0.1, 0.15) is 10.6 Å². The minimum atomic E-state index is -0.534. The van der Waals surface area contributed by atoms with Crippen molar-refractivity contribution in [3.63, 3.8) is 0 Å². The van der Waals surface area contributed by atoms with Gasteiger partial charge in [-0.1, -0.05) is 23.5 Å². The Hall–Kier alpha value is -4.58. The maximum atomic E-state index is 12.9. The first-order valence-electron chi connectivity index (χ1n) is 9.54. The van der Waals surface area contributed by atoms with Crippen molar-refractivity contribution in [2.75, 3.05) is 12.4 Å². The Morgan fingerprint density at radius 3 is 2.85 bits per heavy atom. The molecule has 1 N–H and O–H groups in total. The maximum absolute atomic E-state index is 12.9. The Morgan fingerprint density at radius 1 is 1.21 bits per heavy atom. The van der Waals surface area contributed by atoms with Gasteiger partial charge in [0.2, 0.25) is 4.96 Å². The quantitative estimate of drug-likeness (QED) is 0.291. The van der Waals surface area contributed by atoms with E-state index in [1.807, 2.05) is 6.07 Å². The van der Waals surface area contributed by atoms with E-state index >= 15 is 0 Å².